The van der Waals surface area contributed by atoms with E-state index in [-0.39, 0.29) is 57.0 Å². The molecule has 0 aromatic heterocycles. The van der Waals surface area contributed by atoms with E-state index in [0.717, 1.165) is 12.4 Å². The first-order chi connectivity index (χ1) is 9.36. The largest absolute Gasteiger partial charge is 2.00 e. The van der Waals surface area contributed by atoms with Gasteiger partial charge in [0.05, 0.1) is 6.61 Å². The second-order valence-corrected chi connectivity index (χ2v) is 5.37. The van der Waals surface area contributed by atoms with E-state index < -0.39 is 0 Å². The molecule has 0 saturated carbocycles. The van der Waals surface area contributed by atoms with Gasteiger partial charge in [0, 0.05) is 0 Å². The first kappa shape index (κ1) is 27.6. The maximum atomic E-state index is 5.83. The van der Waals surface area contributed by atoms with Crippen LogP contribution in [0.5, 0.6) is 5.75 Å². The minimum absolute atomic E-state index is 0. The Morgan fingerprint density at radius 1 is 0.818 bits per heavy atom. The van der Waals surface area contributed by atoms with Crippen molar-refractivity contribution >= 4 is 23.1 Å². The summed E-state index contributed by atoms with van der Waals surface area (Å²) in [4.78, 5) is 0. The molecule has 0 aliphatic carbocycles. The quantitative estimate of drug-likeness (QED) is 0.326. The van der Waals surface area contributed by atoms with Crippen LogP contribution in [0.25, 0.3) is 0 Å². The van der Waals surface area contributed by atoms with Crippen molar-refractivity contribution in [3.8, 4) is 5.75 Å². The summed E-state index contributed by atoms with van der Waals surface area (Å²) in [5.74, 6) is 1.04. The monoisotopic (exact) mass is 444 g/mol. The van der Waals surface area contributed by atoms with Gasteiger partial charge in [0.25, 0.3) is 0 Å². The molecule has 0 aliphatic heterocycles. The van der Waals surface area contributed by atoms with E-state index in [4.69, 9.17) is 4.74 Å². The smallest absolute Gasteiger partial charge is 1.00 e. The fraction of sp³-hybridized carbons (Fsp3) is 0.667. The Hall–Kier alpha value is 0.746. The average molecular weight is 447 g/mol. The summed E-state index contributed by atoms with van der Waals surface area (Å²) in [6.45, 7) is 5.36. The van der Waals surface area contributed by atoms with Gasteiger partial charge in [-0.15, -0.1) is 0 Å². The van der Waals surface area contributed by atoms with E-state index in [9.17, 15) is 0 Å². The molecule has 0 radical (unpaired) electrons. The van der Waals surface area contributed by atoms with Crippen LogP contribution in [-0.2, 0) is 6.42 Å². The first-order valence-electron chi connectivity index (χ1n) is 8.08. The Labute approximate surface area is 174 Å². The van der Waals surface area contributed by atoms with Crippen LogP contribution in [0.1, 0.15) is 70.8 Å². The van der Waals surface area contributed by atoms with Crippen molar-refractivity contribution in [1.82, 2.24) is 0 Å². The van der Waals surface area contributed by atoms with Crippen molar-refractivity contribution in [2.45, 2.75) is 71.6 Å². The van der Waals surface area contributed by atoms with Crippen molar-refractivity contribution < 1.29 is 38.7 Å². The van der Waals surface area contributed by atoms with Gasteiger partial charge in [-0.25, -0.2) is 0 Å². The van der Waals surface area contributed by atoms with Gasteiger partial charge >= 0.3 is 23.1 Å². The summed E-state index contributed by atoms with van der Waals surface area (Å²) in [6.07, 6.45) is 11.6. The molecule has 0 fully saturated rings. The van der Waals surface area contributed by atoms with Crippen LogP contribution in [0, 0.1) is 0 Å². The predicted octanol–water partition coefficient (Wildman–Crippen LogP) is -0.604. The van der Waals surface area contributed by atoms with Crippen LogP contribution in [-0.4, -0.2) is 29.7 Å². The number of rotatable bonds is 11. The van der Waals surface area contributed by atoms with Crippen LogP contribution >= 0.6 is 0 Å². The van der Waals surface area contributed by atoms with Gasteiger partial charge in [-0.3, -0.25) is 0 Å². The molecule has 124 valence electrons. The average Bonchev–Trinajstić information content (AvgIpc) is 2.44. The van der Waals surface area contributed by atoms with E-state index in [1.165, 1.54) is 63.4 Å². The molecule has 1 nitrogen and oxygen atoms in total. The fourth-order valence-corrected chi connectivity index (χ4v) is 2.24. The fourth-order valence-electron chi connectivity index (χ4n) is 2.24. The Morgan fingerprint density at radius 3 is 2.14 bits per heavy atom. The summed E-state index contributed by atoms with van der Waals surface area (Å²) in [6, 6.07) is 8.59. The molecule has 1 aromatic rings. The van der Waals surface area contributed by atoms with Crippen LogP contribution in [0.4, 0.5) is 0 Å². The molecular formula is C18H30Br2MgO. The van der Waals surface area contributed by atoms with Crippen molar-refractivity contribution in [1.29, 1.82) is 0 Å². The molecule has 0 atom stereocenters. The Kier molecular flexibility index (Phi) is 24.8. The maximum absolute atomic E-state index is 5.83. The number of hydrogen-bond donors (Lipinski definition) is 0. The third-order valence-corrected chi connectivity index (χ3v) is 3.48. The Balaban J connectivity index is -0.00000120. The van der Waals surface area contributed by atoms with Gasteiger partial charge in [-0.1, -0.05) is 64.5 Å². The molecule has 0 heterocycles. The second kappa shape index (κ2) is 19.8. The molecule has 0 amide bonds. The zero-order valence-electron chi connectivity index (χ0n) is 14.3. The number of halogens is 2. The summed E-state index contributed by atoms with van der Waals surface area (Å²) in [7, 11) is 0. The third kappa shape index (κ3) is 14.3. The van der Waals surface area contributed by atoms with Crippen LogP contribution < -0.4 is 38.7 Å². The minimum Gasteiger partial charge on any atom is -1.00 e. The zero-order valence-corrected chi connectivity index (χ0v) is 18.8. The molecule has 4 heteroatoms. The van der Waals surface area contributed by atoms with Gasteiger partial charge in [0.1, 0.15) is 5.75 Å². The van der Waals surface area contributed by atoms with E-state index in [0.29, 0.717) is 0 Å². The number of unbranched alkanes of at least 4 members (excludes halogenated alkanes) is 6. The van der Waals surface area contributed by atoms with Crippen LogP contribution in [0.2, 0.25) is 0 Å². The topological polar surface area (TPSA) is 9.23 Å². The Bertz CT molecular complexity index is 335. The van der Waals surface area contributed by atoms with E-state index in [1.807, 2.05) is 0 Å². The van der Waals surface area contributed by atoms with Crippen molar-refractivity contribution in [2.24, 2.45) is 0 Å². The normalized spacial score (nSPS) is 9.18. The molecule has 0 unspecified atom stereocenters. The summed E-state index contributed by atoms with van der Waals surface area (Å²) in [5, 5.41) is 0. The molecule has 1 aromatic carbocycles. The molecule has 0 bridgehead atoms. The number of hydrogen-bond acceptors (Lipinski definition) is 1. The molecule has 22 heavy (non-hydrogen) atoms. The standard InChI is InChI=1S/C18H30O.2BrH.Mg/c1-3-5-7-8-9-10-15-19-18-14-11-13-17(16-18)12-6-4-2;;;/h11,13-14,16H,3-10,12,15H2,1-2H3;2*1H;/q;;;+2/p-2. The molecular weight excluding hydrogens is 416 g/mol. The van der Waals surface area contributed by atoms with E-state index in [2.05, 4.69) is 38.1 Å². The maximum Gasteiger partial charge on any atom is 2.00 e. The number of benzene rings is 1. The minimum atomic E-state index is 0. The van der Waals surface area contributed by atoms with E-state index >= 15 is 0 Å². The van der Waals surface area contributed by atoms with Crippen LogP contribution in [0.15, 0.2) is 24.3 Å². The molecule has 0 saturated heterocycles. The van der Waals surface area contributed by atoms with Crippen molar-refractivity contribution in [2.75, 3.05) is 6.61 Å². The SMILES string of the molecule is CCCCCCCCOc1cccc(CCCC)c1.[Br-].[Br-].[Mg+2]. The number of aryl methyl sites for hydroxylation is 1. The summed E-state index contributed by atoms with van der Waals surface area (Å²) < 4.78 is 5.83. The first-order valence-corrected chi connectivity index (χ1v) is 8.08. The van der Waals surface area contributed by atoms with Crippen molar-refractivity contribution in [3.63, 3.8) is 0 Å². The molecule has 1 rings (SSSR count). The third-order valence-electron chi connectivity index (χ3n) is 3.48. The van der Waals surface area contributed by atoms with Crippen molar-refractivity contribution in [3.05, 3.63) is 29.8 Å². The van der Waals surface area contributed by atoms with Gasteiger partial charge in [0.15, 0.2) is 0 Å². The van der Waals surface area contributed by atoms with Crippen LogP contribution in [0.3, 0.4) is 0 Å². The molecule has 0 spiro atoms. The Morgan fingerprint density at radius 2 is 1.45 bits per heavy atom. The summed E-state index contributed by atoms with van der Waals surface area (Å²) in [5.41, 5.74) is 1.40. The zero-order chi connectivity index (χ0) is 13.8. The second-order valence-electron chi connectivity index (χ2n) is 5.37. The van der Waals surface area contributed by atoms with Gasteiger partial charge < -0.3 is 38.7 Å². The van der Waals surface area contributed by atoms with Gasteiger partial charge in [-0.2, -0.15) is 0 Å². The predicted molar refractivity (Wildman–Crippen MR) is 89.7 cm³/mol. The molecule has 0 aliphatic rings. The van der Waals surface area contributed by atoms with E-state index in [1.54, 1.807) is 0 Å². The summed E-state index contributed by atoms with van der Waals surface area (Å²) >= 11 is 0. The molecule has 0 N–H and O–H groups in total. The number of ether oxygens (including phenoxy) is 1. The van der Waals surface area contributed by atoms with Gasteiger partial charge in [0.2, 0.25) is 0 Å². The van der Waals surface area contributed by atoms with Gasteiger partial charge in [-0.05, 0) is 37.0 Å².